The molecular formula is C21H28Cl2N4O4. The molecule has 2 rings (SSSR count). The number of ether oxygens (including phenoxy) is 1. The van der Waals surface area contributed by atoms with Crippen LogP contribution in [-0.2, 0) is 11.3 Å². The number of benzene rings is 1. The highest BCUT2D eigenvalue weighted by molar-refractivity contribution is 6.35. The Labute approximate surface area is 190 Å². The van der Waals surface area contributed by atoms with Crippen LogP contribution in [0.25, 0.3) is 0 Å². The van der Waals surface area contributed by atoms with Crippen molar-refractivity contribution in [2.45, 2.75) is 53.2 Å². The van der Waals surface area contributed by atoms with E-state index < -0.39 is 23.3 Å². The zero-order valence-corrected chi connectivity index (χ0v) is 19.6. The topological polar surface area (TPSA) is 110 Å². The molecule has 0 saturated carbocycles. The first kappa shape index (κ1) is 24.8. The van der Waals surface area contributed by atoms with Gasteiger partial charge >= 0.3 is 5.69 Å². The maximum atomic E-state index is 13.3. The molecular weight excluding hydrogens is 443 g/mol. The van der Waals surface area contributed by atoms with E-state index in [-0.39, 0.29) is 34.7 Å². The quantitative estimate of drug-likeness (QED) is 0.580. The third-order valence-electron chi connectivity index (χ3n) is 4.58. The molecule has 1 heterocycles. The molecule has 0 aliphatic heterocycles. The van der Waals surface area contributed by atoms with Gasteiger partial charge in [0.1, 0.15) is 11.6 Å². The van der Waals surface area contributed by atoms with Gasteiger partial charge in [0.25, 0.3) is 11.5 Å². The number of aromatic nitrogens is 2. The molecule has 8 nitrogen and oxygen atoms in total. The van der Waals surface area contributed by atoms with E-state index in [1.54, 1.807) is 19.1 Å². The van der Waals surface area contributed by atoms with Crippen molar-refractivity contribution in [1.29, 1.82) is 0 Å². The molecule has 0 bridgehead atoms. The molecule has 31 heavy (non-hydrogen) atoms. The van der Waals surface area contributed by atoms with Gasteiger partial charge < -0.3 is 15.4 Å². The van der Waals surface area contributed by atoms with Crippen molar-refractivity contribution in [1.82, 2.24) is 9.55 Å². The Kier molecular flexibility index (Phi) is 8.59. The monoisotopic (exact) mass is 470 g/mol. The van der Waals surface area contributed by atoms with E-state index in [9.17, 15) is 14.4 Å². The number of carbonyl (C=O) groups is 1. The number of H-pyrrole nitrogens is 1. The predicted octanol–water partition coefficient (Wildman–Crippen LogP) is 3.68. The average molecular weight is 471 g/mol. The first-order valence-electron chi connectivity index (χ1n) is 10.1. The number of hydrogen-bond acceptors (Lipinski definition) is 5. The first-order valence-corrected chi connectivity index (χ1v) is 10.9. The lowest BCUT2D eigenvalue weighted by atomic mass is 10.2. The molecule has 0 fully saturated rings. The number of halogens is 2. The van der Waals surface area contributed by atoms with Crippen molar-refractivity contribution in [2.24, 2.45) is 5.92 Å². The SMILES string of the molecule is CCCCN(C(=O)C(C)Oc1ccc(Cl)cc1Cl)c1c(N)n(CC(C)C)c(=O)[nH]c1=O. The number of nitrogens with two attached hydrogens (primary N) is 1. The average Bonchev–Trinajstić information content (AvgIpc) is 2.69. The molecule has 0 spiro atoms. The van der Waals surface area contributed by atoms with Crippen LogP contribution in [0.3, 0.4) is 0 Å². The number of nitrogens with one attached hydrogen (secondary N) is 1. The molecule has 1 aromatic carbocycles. The van der Waals surface area contributed by atoms with Gasteiger partial charge in [0.15, 0.2) is 11.8 Å². The second kappa shape index (κ2) is 10.7. The van der Waals surface area contributed by atoms with Crippen LogP contribution < -0.4 is 26.6 Å². The fourth-order valence-corrected chi connectivity index (χ4v) is 3.52. The Morgan fingerprint density at radius 3 is 2.52 bits per heavy atom. The van der Waals surface area contributed by atoms with Crippen molar-refractivity contribution in [2.75, 3.05) is 17.2 Å². The van der Waals surface area contributed by atoms with Crippen molar-refractivity contribution in [3.63, 3.8) is 0 Å². The van der Waals surface area contributed by atoms with Crippen molar-refractivity contribution >= 4 is 40.6 Å². The molecule has 1 unspecified atom stereocenters. The molecule has 0 saturated heterocycles. The van der Waals surface area contributed by atoms with Gasteiger partial charge in [-0.25, -0.2) is 4.79 Å². The van der Waals surface area contributed by atoms with E-state index >= 15 is 0 Å². The van der Waals surface area contributed by atoms with Gasteiger partial charge in [-0.3, -0.25) is 19.1 Å². The summed E-state index contributed by atoms with van der Waals surface area (Å²) in [6, 6.07) is 4.67. The molecule has 10 heteroatoms. The molecule has 0 radical (unpaired) electrons. The summed E-state index contributed by atoms with van der Waals surface area (Å²) >= 11 is 12.1. The van der Waals surface area contributed by atoms with Gasteiger partial charge in [0.05, 0.1) is 5.02 Å². The summed E-state index contributed by atoms with van der Waals surface area (Å²) in [6.45, 7) is 7.90. The maximum absolute atomic E-state index is 13.3. The Balaban J connectivity index is 2.46. The highest BCUT2D eigenvalue weighted by Crippen LogP contribution is 2.29. The van der Waals surface area contributed by atoms with Crippen molar-refractivity contribution in [3.8, 4) is 5.75 Å². The van der Waals surface area contributed by atoms with Crippen LogP contribution in [0.4, 0.5) is 11.5 Å². The largest absolute Gasteiger partial charge is 0.479 e. The van der Waals surface area contributed by atoms with Gasteiger partial charge in [-0.2, -0.15) is 0 Å². The third kappa shape index (κ3) is 6.04. The molecule has 2 aromatic rings. The lowest BCUT2D eigenvalue weighted by molar-refractivity contribution is -0.124. The number of unbranched alkanes of at least 4 members (excludes halogenated alkanes) is 1. The van der Waals surface area contributed by atoms with Gasteiger partial charge in [0.2, 0.25) is 0 Å². The fraction of sp³-hybridized carbons (Fsp3) is 0.476. The zero-order valence-electron chi connectivity index (χ0n) is 18.1. The lowest BCUT2D eigenvalue weighted by Crippen LogP contribution is -2.46. The smallest absolute Gasteiger partial charge is 0.330 e. The highest BCUT2D eigenvalue weighted by Gasteiger charge is 2.29. The number of rotatable bonds is 9. The molecule has 0 aliphatic rings. The number of hydrogen-bond donors (Lipinski definition) is 2. The second-order valence-electron chi connectivity index (χ2n) is 7.68. The molecule has 1 atom stereocenters. The lowest BCUT2D eigenvalue weighted by Gasteiger charge is -2.27. The minimum Gasteiger partial charge on any atom is -0.479 e. The van der Waals surface area contributed by atoms with Crippen LogP contribution in [0, 0.1) is 5.92 Å². The van der Waals surface area contributed by atoms with Crippen LogP contribution in [0.2, 0.25) is 10.0 Å². The van der Waals surface area contributed by atoms with Crippen LogP contribution in [0.5, 0.6) is 5.75 Å². The fourth-order valence-electron chi connectivity index (χ4n) is 3.06. The van der Waals surface area contributed by atoms with E-state index in [1.165, 1.54) is 15.5 Å². The highest BCUT2D eigenvalue weighted by atomic mass is 35.5. The summed E-state index contributed by atoms with van der Waals surface area (Å²) in [4.78, 5) is 41.8. The standard InChI is InChI=1S/C21H28Cl2N4O4/c1-5-6-9-26(17-18(24)27(11-12(2)3)21(30)25-19(17)28)20(29)13(4)31-16-8-7-14(22)10-15(16)23/h7-8,10,12-13H,5-6,9,11,24H2,1-4H3,(H,25,28,30). The summed E-state index contributed by atoms with van der Waals surface area (Å²) in [6.07, 6.45) is 0.438. The normalized spacial score (nSPS) is 12.1. The van der Waals surface area contributed by atoms with Gasteiger partial charge in [-0.15, -0.1) is 0 Å². The number of aromatic amines is 1. The number of nitrogens with zero attached hydrogens (tertiary/aromatic N) is 2. The molecule has 3 N–H and O–H groups in total. The van der Waals surface area contributed by atoms with Crippen LogP contribution in [0.15, 0.2) is 27.8 Å². The number of anilines is 2. The van der Waals surface area contributed by atoms with E-state index in [0.717, 1.165) is 6.42 Å². The summed E-state index contributed by atoms with van der Waals surface area (Å²) in [5, 5.41) is 0.697. The Morgan fingerprint density at radius 1 is 1.26 bits per heavy atom. The maximum Gasteiger partial charge on any atom is 0.330 e. The second-order valence-corrected chi connectivity index (χ2v) is 8.52. The molecule has 170 valence electrons. The summed E-state index contributed by atoms with van der Waals surface area (Å²) in [7, 11) is 0. The zero-order chi connectivity index (χ0) is 23.3. The van der Waals surface area contributed by atoms with Crippen LogP contribution in [-0.4, -0.2) is 28.1 Å². The van der Waals surface area contributed by atoms with Crippen molar-refractivity contribution < 1.29 is 9.53 Å². The van der Waals surface area contributed by atoms with E-state index in [0.29, 0.717) is 18.0 Å². The van der Waals surface area contributed by atoms with Gasteiger partial charge in [-0.05, 0) is 37.5 Å². The Bertz CT molecular complexity index is 1050. The van der Waals surface area contributed by atoms with Gasteiger partial charge in [0, 0.05) is 18.1 Å². The van der Waals surface area contributed by atoms with E-state index in [2.05, 4.69) is 4.98 Å². The summed E-state index contributed by atoms with van der Waals surface area (Å²) in [5.41, 5.74) is 4.82. The minimum absolute atomic E-state index is 0.0522. The minimum atomic E-state index is -0.972. The number of carbonyl (C=O) groups excluding carboxylic acids is 1. The summed E-state index contributed by atoms with van der Waals surface area (Å²) < 4.78 is 7.01. The Morgan fingerprint density at radius 2 is 1.94 bits per heavy atom. The molecule has 1 aromatic heterocycles. The number of amides is 1. The first-order chi connectivity index (χ1) is 14.6. The van der Waals surface area contributed by atoms with Gasteiger partial charge in [-0.1, -0.05) is 50.4 Å². The van der Waals surface area contributed by atoms with Crippen LogP contribution >= 0.6 is 23.2 Å². The summed E-state index contributed by atoms with van der Waals surface area (Å²) in [5.74, 6) is -0.142. The predicted molar refractivity (Wildman–Crippen MR) is 124 cm³/mol. The molecule has 1 amide bonds. The Hall–Kier alpha value is -2.45. The third-order valence-corrected chi connectivity index (χ3v) is 5.11. The molecule has 0 aliphatic carbocycles. The van der Waals surface area contributed by atoms with E-state index in [4.69, 9.17) is 33.7 Å². The van der Waals surface area contributed by atoms with Crippen molar-refractivity contribution in [3.05, 3.63) is 49.1 Å². The number of nitrogen functional groups attached to an aromatic ring is 1. The van der Waals surface area contributed by atoms with Crippen LogP contribution in [0.1, 0.15) is 40.5 Å². The van der Waals surface area contributed by atoms with E-state index in [1.807, 2.05) is 20.8 Å².